The lowest BCUT2D eigenvalue weighted by molar-refractivity contribution is -0.122. The Morgan fingerprint density at radius 3 is 2.58 bits per heavy atom. The van der Waals surface area contributed by atoms with Gasteiger partial charge in [-0.2, -0.15) is 0 Å². The van der Waals surface area contributed by atoms with E-state index in [1.165, 1.54) is 0 Å². The van der Waals surface area contributed by atoms with Crippen LogP contribution in [0.15, 0.2) is 59.2 Å². The van der Waals surface area contributed by atoms with Gasteiger partial charge in [-0.05, 0) is 30.9 Å². The first kappa shape index (κ1) is 18.2. The molecule has 1 atom stereocenters. The van der Waals surface area contributed by atoms with Gasteiger partial charge in [0.25, 0.3) is 11.8 Å². The van der Waals surface area contributed by atoms with Gasteiger partial charge in [0, 0.05) is 46.3 Å². The van der Waals surface area contributed by atoms with Crippen molar-refractivity contribution in [3.63, 3.8) is 0 Å². The van der Waals surface area contributed by atoms with Gasteiger partial charge in [-0.3, -0.25) is 14.9 Å². The first-order valence-electron chi connectivity index (χ1n) is 10.4. The molecule has 2 aromatic heterocycles. The fourth-order valence-corrected chi connectivity index (χ4v) is 5.07. The number of carbonyl (C=O) groups excluding carboxylic acids is 2. The maximum Gasteiger partial charge on any atom is 0.259 e. The first-order valence-corrected chi connectivity index (χ1v) is 10.4. The van der Waals surface area contributed by atoms with Crippen molar-refractivity contribution in [2.75, 3.05) is 6.61 Å². The number of furan rings is 1. The normalized spacial score (nSPS) is 18.8. The van der Waals surface area contributed by atoms with Gasteiger partial charge in [-0.25, -0.2) is 0 Å². The topological polar surface area (TPSA) is 84.5 Å². The summed E-state index contributed by atoms with van der Waals surface area (Å²) in [5.41, 5.74) is 4.85. The summed E-state index contributed by atoms with van der Waals surface area (Å²) in [6, 6.07) is 15.5. The summed E-state index contributed by atoms with van der Waals surface area (Å²) in [4.78, 5) is 26.1. The second-order valence-corrected chi connectivity index (χ2v) is 8.21. The number of aliphatic hydroxyl groups excluding tert-OH is 1. The predicted molar refractivity (Wildman–Crippen MR) is 117 cm³/mol. The number of hydrogen-bond donors (Lipinski definition) is 2. The standard InChI is InChI=1S/C25H20N2O4/c28-12-14-9-10-27-18-7-3-1-6-16(18)21(19(27)11-14)23-22(24(29)26-25(23)30)17-13-31-20-8-4-2-5-15(17)20/h1-8,13-14,28H,9-12H2,(H,26,29,30). The monoisotopic (exact) mass is 412 g/mol. The molecule has 31 heavy (non-hydrogen) atoms. The number of nitrogens with zero attached hydrogens (tertiary/aromatic N) is 1. The van der Waals surface area contributed by atoms with Crippen LogP contribution in [-0.4, -0.2) is 28.1 Å². The van der Waals surface area contributed by atoms with E-state index in [0.29, 0.717) is 28.7 Å². The highest BCUT2D eigenvalue weighted by molar-refractivity contribution is 6.51. The Hall–Kier alpha value is -3.64. The van der Waals surface area contributed by atoms with Crippen LogP contribution >= 0.6 is 0 Å². The van der Waals surface area contributed by atoms with Gasteiger partial charge >= 0.3 is 0 Å². The minimum Gasteiger partial charge on any atom is -0.464 e. The minimum absolute atomic E-state index is 0.102. The summed E-state index contributed by atoms with van der Waals surface area (Å²) in [6.45, 7) is 0.873. The van der Waals surface area contributed by atoms with E-state index in [1.807, 2.05) is 48.5 Å². The lowest BCUT2D eigenvalue weighted by atomic mass is 9.89. The van der Waals surface area contributed by atoms with Crippen LogP contribution in [0, 0.1) is 5.92 Å². The first-order chi connectivity index (χ1) is 15.2. The zero-order valence-corrected chi connectivity index (χ0v) is 16.7. The highest BCUT2D eigenvalue weighted by Gasteiger charge is 2.38. The van der Waals surface area contributed by atoms with E-state index < -0.39 is 11.8 Å². The number of imide groups is 1. The second kappa shape index (κ2) is 6.68. The Bertz CT molecular complexity index is 1420. The molecule has 0 aliphatic carbocycles. The molecule has 0 radical (unpaired) electrons. The summed E-state index contributed by atoms with van der Waals surface area (Å²) in [6.07, 6.45) is 3.09. The summed E-state index contributed by atoms with van der Waals surface area (Å²) < 4.78 is 7.91. The molecule has 2 aliphatic heterocycles. The zero-order valence-electron chi connectivity index (χ0n) is 16.7. The minimum atomic E-state index is -0.412. The Kier molecular flexibility index (Phi) is 3.91. The van der Waals surface area contributed by atoms with Crippen LogP contribution in [0.4, 0.5) is 0 Å². The SMILES string of the molecule is O=C1NC(=O)C(c2c3n(c4ccccc24)CCC(CO)C3)=C1c1coc2ccccc12. The van der Waals surface area contributed by atoms with E-state index in [4.69, 9.17) is 4.42 Å². The van der Waals surface area contributed by atoms with Crippen molar-refractivity contribution in [1.82, 2.24) is 9.88 Å². The van der Waals surface area contributed by atoms with Gasteiger partial charge in [0.1, 0.15) is 5.58 Å². The van der Waals surface area contributed by atoms with Crippen molar-refractivity contribution in [2.45, 2.75) is 19.4 Å². The number of aliphatic hydroxyl groups is 1. The molecule has 6 heteroatoms. The van der Waals surface area contributed by atoms with Crippen LogP contribution in [0.1, 0.15) is 23.2 Å². The number of nitrogens with one attached hydrogen (secondary N) is 1. The number of amides is 2. The molecular formula is C25H20N2O4. The molecule has 2 N–H and O–H groups in total. The second-order valence-electron chi connectivity index (χ2n) is 8.21. The molecular weight excluding hydrogens is 392 g/mol. The summed E-state index contributed by atoms with van der Waals surface area (Å²) in [5, 5.41) is 14.0. The third kappa shape index (κ3) is 2.55. The predicted octanol–water partition coefficient (Wildman–Crippen LogP) is 3.51. The van der Waals surface area contributed by atoms with Gasteiger partial charge in [0.2, 0.25) is 0 Å². The molecule has 2 aliphatic rings. The van der Waals surface area contributed by atoms with Crippen LogP contribution in [0.5, 0.6) is 0 Å². The third-order valence-corrected chi connectivity index (χ3v) is 6.51. The van der Waals surface area contributed by atoms with Crippen molar-refractivity contribution in [3.8, 4) is 0 Å². The van der Waals surface area contributed by atoms with Crippen molar-refractivity contribution < 1.29 is 19.1 Å². The van der Waals surface area contributed by atoms with Crippen LogP contribution in [0.2, 0.25) is 0 Å². The summed E-state index contributed by atoms with van der Waals surface area (Å²) in [5.74, 6) is -0.671. The molecule has 154 valence electrons. The Balaban J connectivity index is 1.70. The highest BCUT2D eigenvalue weighted by atomic mass is 16.3. The van der Waals surface area contributed by atoms with E-state index in [1.54, 1.807) is 6.26 Å². The number of benzene rings is 2. The van der Waals surface area contributed by atoms with E-state index in [9.17, 15) is 14.7 Å². The number of carbonyl (C=O) groups is 2. The maximum atomic E-state index is 13.1. The molecule has 0 bridgehead atoms. The lowest BCUT2D eigenvalue weighted by Gasteiger charge is -2.24. The third-order valence-electron chi connectivity index (χ3n) is 6.51. The van der Waals surface area contributed by atoms with Crippen molar-refractivity contribution >= 4 is 44.8 Å². The Labute approximate surface area is 177 Å². The van der Waals surface area contributed by atoms with Gasteiger partial charge in [-0.15, -0.1) is 0 Å². The van der Waals surface area contributed by atoms with Gasteiger partial charge in [0.05, 0.1) is 17.4 Å². The van der Waals surface area contributed by atoms with E-state index in [0.717, 1.165) is 40.5 Å². The fourth-order valence-electron chi connectivity index (χ4n) is 5.07. The zero-order chi connectivity index (χ0) is 21.1. The highest BCUT2D eigenvalue weighted by Crippen LogP contribution is 2.42. The van der Waals surface area contributed by atoms with E-state index in [2.05, 4.69) is 9.88 Å². The molecule has 6 rings (SSSR count). The molecule has 6 nitrogen and oxygen atoms in total. The number of rotatable bonds is 3. The van der Waals surface area contributed by atoms with Crippen molar-refractivity contribution in [1.29, 1.82) is 0 Å². The summed E-state index contributed by atoms with van der Waals surface area (Å²) >= 11 is 0. The number of hydrogen-bond acceptors (Lipinski definition) is 4. The van der Waals surface area contributed by atoms with Crippen LogP contribution < -0.4 is 5.32 Å². The molecule has 2 amide bonds. The van der Waals surface area contributed by atoms with Gasteiger partial charge < -0.3 is 14.1 Å². The molecule has 4 heterocycles. The molecule has 0 saturated carbocycles. The fraction of sp³-hybridized carbons (Fsp3) is 0.200. The van der Waals surface area contributed by atoms with Gasteiger partial charge in [0.15, 0.2) is 0 Å². The quantitative estimate of drug-likeness (QED) is 0.505. The number of aryl methyl sites for hydroxylation is 1. The molecule has 0 fully saturated rings. The van der Waals surface area contributed by atoms with E-state index in [-0.39, 0.29) is 12.5 Å². The lowest BCUT2D eigenvalue weighted by Crippen LogP contribution is -2.24. The number of fused-ring (bicyclic) bond motifs is 4. The average molecular weight is 412 g/mol. The largest absolute Gasteiger partial charge is 0.464 e. The Morgan fingerprint density at radius 2 is 1.74 bits per heavy atom. The molecule has 4 aromatic rings. The smallest absolute Gasteiger partial charge is 0.259 e. The molecule has 0 saturated heterocycles. The maximum absolute atomic E-state index is 13.1. The van der Waals surface area contributed by atoms with Crippen LogP contribution in [0.25, 0.3) is 33.0 Å². The van der Waals surface area contributed by atoms with Crippen LogP contribution in [-0.2, 0) is 22.6 Å². The van der Waals surface area contributed by atoms with Crippen molar-refractivity contribution in [2.24, 2.45) is 5.92 Å². The van der Waals surface area contributed by atoms with Crippen LogP contribution in [0.3, 0.4) is 0 Å². The van der Waals surface area contributed by atoms with Crippen molar-refractivity contribution in [3.05, 3.63) is 71.6 Å². The Morgan fingerprint density at radius 1 is 1.00 bits per heavy atom. The molecule has 1 unspecified atom stereocenters. The average Bonchev–Trinajstić information content (AvgIpc) is 3.44. The number of aromatic nitrogens is 1. The molecule has 2 aromatic carbocycles. The van der Waals surface area contributed by atoms with E-state index >= 15 is 0 Å². The number of para-hydroxylation sites is 2. The summed E-state index contributed by atoms with van der Waals surface area (Å²) in [7, 11) is 0. The molecule has 0 spiro atoms. The van der Waals surface area contributed by atoms with Gasteiger partial charge in [-0.1, -0.05) is 36.4 Å².